The lowest BCUT2D eigenvalue weighted by Crippen LogP contribution is -2.01. The number of fused-ring (bicyclic) bond motifs is 1. The number of nitrogens with zero attached hydrogens (tertiary/aromatic N) is 3. The maximum absolute atomic E-state index is 11.4. The van der Waals surface area contributed by atoms with Gasteiger partial charge >= 0.3 is 5.69 Å². The number of benzene rings is 2. The van der Waals surface area contributed by atoms with Crippen molar-refractivity contribution in [2.45, 2.75) is 0 Å². The van der Waals surface area contributed by atoms with Gasteiger partial charge in [-0.15, -0.1) is 0 Å². The smallest absolute Gasteiger partial charge is 0.338 e. The van der Waals surface area contributed by atoms with Crippen molar-refractivity contribution in [1.82, 2.24) is 9.97 Å². The predicted octanol–water partition coefficient (Wildman–Crippen LogP) is 3.88. The Hall–Kier alpha value is -2.93. The molecule has 2 aromatic carbocycles. The van der Waals surface area contributed by atoms with Crippen LogP contribution < -0.4 is 9.47 Å². The minimum atomic E-state index is -0.576. The second kappa shape index (κ2) is 6.29. The van der Waals surface area contributed by atoms with E-state index < -0.39 is 4.92 Å². The van der Waals surface area contributed by atoms with Crippen LogP contribution in [0.4, 0.5) is 5.69 Å². The van der Waals surface area contributed by atoms with Crippen LogP contribution in [0.1, 0.15) is 0 Å². The minimum absolute atomic E-state index is 0.0147. The van der Waals surface area contributed by atoms with Crippen LogP contribution in [0, 0.1) is 10.1 Å². The molecule has 1 heterocycles. The zero-order chi connectivity index (χ0) is 17.3. The molecule has 0 saturated carbocycles. The van der Waals surface area contributed by atoms with Gasteiger partial charge in [-0.3, -0.25) is 10.1 Å². The highest BCUT2D eigenvalue weighted by atomic mass is 35.5. The summed E-state index contributed by atoms with van der Waals surface area (Å²) in [5.74, 6) is 0.343. The van der Waals surface area contributed by atoms with Gasteiger partial charge in [-0.25, -0.2) is 9.97 Å². The third kappa shape index (κ3) is 2.59. The van der Waals surface area contributed by atoms with E-state index in [0.717, 1.165) is 5.56 Å². The van der Waals surface area contributed by atoms with Crippen LogP contribution in [0.2, 0.25) is 5.15 Å². The van der Waals surface area contributed by atoms with Gasteiger partial charge in [-0.2, -0.15) is 0 Å². The summed E-state index contributed by atoms with van der Waals surface area (Å²) >= 11 is 6.23. The third-order valence-electron chi connectivity index (χ3n) is 3.48. The van der Waals surface area contributed by atoms with E-state index >= 15 is 0 Å². The standard InChI is InChI=1S/C16H12ClN3O4/c1-23-10-8-11(24-2)15(20(21)22)14-13(10)18-12(16(17)19-14)9-6-4-3-5-7-9/h3-8H,1-2H3. The molecule has 122 valence electrons. The lowest BCUT2D eigenvalue weighted by molar-refractivity contribution is -0.384. The van der Waals surface area contributed by atoms with Crippen molar-refractivity contribution in [1.29, 1.82) is 0 Å². The molecule has 0 saturated heterocycles. The summed E-state index contributed by atoms with van der Waals surface area (Å²) in [5, 5.41) is 11.5. The minimum Gasteiger partial charge on any atom is -0.494 e. The number of rotatable bonds is 4. The summed E-state index contributed by atoms with van der Waals surface area (Å²) < 4.78 is 10.4. The van der Waals surface area contributed by atoms with Crippen molar-refractivity contribution in [2.24, 2.45) is 0 Å². The first-order valence-electron chi connectivity index (χ1n) is 6.88. The van der Waals surface area contributed by atoms with Crippen LogP contribution in [0.15, 0.2) is 36.4 Å². The second-order valence-electron chi connectivity index (χ2n) is 4.81. The molecule has 0 aliphatic rings. The largest absolute Gasteiger partial charge is 0.494 e. The van der Waals surface area contributed by atoms with Crippen LogP contribution in [0.3, 0.4) is 0 Å². The molecule has 0 radical (unpaired) electrons. The first-order valence-corrected chi connectivity index (χ1v) is 7.26. The van der Waals surface area contributed by atoms with E-state index in [1.54, 1.807) is 0 Å². The fraction of sp³-hybridized carbons (Fsp3) is 0.125. The molecular formula is C16H12ClN3O4. The summed E-state index contributed by atoms with van der Waals surface area (Å²) in [7, 11) is 2.78. The Bertz CT molecular complexity index is 932. The number of halogens is 1. The van der Waals surface area contributed by atoms with Crippen molar-refractivity contribution < 1.29 is 14.4 Å². The summed E-state index contributed by atoms with van der Waals surface area (Å²) in [6.07, 6.45) is 0. The normalized spacial score (nSPS) is 10.6. The average Bonchev–Trinajstić information content (AvgIpc) is 2.60. The van der Waals surface area contributed by atoms with E-state index in [-0.39, 0.29) is 27.6 Å². The first-order chi connectivity index (χ1) is 11.6. The van der Waals surface area contributed by atoms with Crippen LogP contribution in [0.25, 0.3) is 22.3 Å². The van der Waals surface area contributed by atoms with Gasteiger partial charge in [-0.05, 0) is 0 Å². The molecule has 3 aromatic rings. The maximum atomic E-state index is 11.4. The number of aromatic nitrogens is 2. The molecular weight excluding hydrogens is 334 g/mol. The Kier molecular flexibility index (Phi) is 4.18. The van der Waals surface area contributed by atoms with E-state index in [2.05, 4.69) is 9.97 Å². The number of ether oxygens (including phenoxy) is 2. The molecule has 0 unspecified atom stereocenters. The first kappa shape index (κ1) is 15.9. The molecule has 0 fully saturated rings. The van der Waals surface area contributed by atoms with Gasteiger partial charge < -0.3 is 9.47 Å². The summed E-state index contributed by atoms with van der Waals surface area (Å²) in [4.78, 5) is 19.5. The van der Waals surface area contributed by atoms with Crippen LogP contribution >= 0.6 is 11.6 Å². The third-order valence-corrected chi connectivity index (χ3v) is 3.74. The second-order valence-corrected chi connectivity index (χ2v) is 5.17. The summed E-state index contributed by atoms with van der Waals surface area (Å²) in [5.41, 5.74) is 1.12. The van der Waals surface area contributed by atoms with E-state index in [1.807, 2.05) is 30.3 Å². The van der Waals surface area contributed by atoms with Gasteiger partial charge in [0.1, 0.15) is 11.2 Å². The lowest BCUT2D eigenvalue weighted by Gasteiger charge is -2.11. The highest BCUT2D eigenvalue weighted by Crippen LogP contribution is 2.41. The fourth-order valence-corrected chi connectivity index (χ4v) is 2.63. The summed E-state index contributed by atoms with van der Waals surface area (Å²) in [6, 6.07) is 10.6. The number of hydrogen-bond donors (Lipinski definition) is 0. The Morgan fingerprint density at radius 2 is 1.71 bits per heavy atom. The molecule has 0 N–H and O–H groups in total. The van der Waals surface area contributed by atoms with Crippen molar-refractivity contribution in [3.8, 4) is 22.8 Å². The Balaban J connectivity index is 2.40. The molecule has 1 aromatic heterocycles. The van der Waals surface area contributed by atoms with Gasteiger partial charge in [0.2, 0.25) is 5.75 Å². The monoisotopic (exact) mass is 345 g/mol. The predicted molar refractivity (Wildman–Crippen MR) is 89.7 cm³/mol. The maximum Gasteiger partial charge on any atom is 0.338 e. The topological polar surface area (TPSA) is 87.4 Å². The highest BCUT2D eigenvalue weighted by Gasteiger charge is 2.26. The van der Waals surface area contributed by atoms with E-state index in [9.17, 15) is 10.1 Å². The lowest BCUT2D eigenvalue weighted by atomic mass is 10.1. The Morgan fingerprint density at radius 3 is 2.29 bits per heavy atom. The van der Waals surface area contributed by atoms with Gasteiger partial charge in [0.25, 0.3) is 0 Å². The quantitative estimate of drug-likeness (QED) is 0.526. The van der Waals surface area contributed by atoms with Crippen molar-refractivity contribution >= 4 is 28.3 Å². The molecule has 0 atom stereocenters. The molecule has 0 spiro atoms. The van der Waals surface area contributed by atoms with Gasteiger partial charge in [0.15, 0.2) is 16.4 Å². The Labute approximate surface area is 142 Å². The molecule has 3 rings (SSSR count). The fourth-order valence-electron chi connectivity index (χ4n) is 2.39. The molecule has 24 heavy (non-hydrogen) atoms. The zero-order valence-electron chi connectivity index (χ0n) is 12.8. The van der Waals surface area contributed by atoms with Gasteiger partial charge in [-0.1, -0.05) is 41.9 Å². The molecule has 7 nitrogen and oxygen atoms in total. The van der Waals surface area contributed by atoms with E-state index in [0.29, 0.717) is 11.4 Å². The summed E-state index contributed by atoms with van der Waals surface area (Å²) in [6.45, 7) is 0. The van der Waals surface area contributed by atoms with Gasteiger partial charge in [0, 0.05) is 11.6 Å². The molecule has 0 aliphatic heterocycles. The van der Waals surface area contributed by atoms with Gasteiger partial charge in [0.05, 0.1) is 19.1 Å². The molecule has 0 bridgehead atoms. The SMILES string of the molecule is COc1cc(OC)c2nc(-c3ccccc3)c(Cl)nc2c1[N+](=O)[O-]. The van der Waals surface area contributed by atoms with E-state index in [1.165, 1.54) is 20.3 Å². The molecule has 0 aliphatic carbocycles. The number of hydrogen-bond acceptors (Lipinski definition) is 6. The Morgan fingerprint density at radius 1 is 1.04 bits per heavy atom. The average molecular weight is 346 g/mol. The van der Waals surface area contributed by atoms with Crippen LogP contribution in [0.5, 0.6) is 11.5 Å². The van der Waals surface area contributed by atoms with Crippen LogP contribution in [-0.4, -0.2) is 29.1 Å². The molecule has 0 amide bonds. The van der Waals surface area contributed by atoms with Crippen molar-refractivity contribution in [2.75, 3.05) is 14.2 Å². The number of methoxy groups -OCH3 is 2. The molecule has 8 heteroatoms. The number of nitro groups is 1. The van der Waals surface area contributed by atoms with Crippen molar-refractivity contribution in [3.05, 3.63) is 51.7 Å². The number of nitro benzene ring substituents is 1. The van der Waals surface area contributed by atoms with E-state index in [4.69, 9.17) is 21.1 Å². The zero-order valence-corrected chi connectivity index (χ0v) is 13.6. The van der Waals surface area contributed by atoms with Crippen molar-refractivity contribution in [3.63, 3.8) is 0 Å². The highest BCUT2D eigenvalue weighted by molar-refractivity contribution is 6.32. The van der Waals surface area contributed by atoms with Crippen LogP contribution in [-0.2, 0) is 0 Å².